The Labute approximate surface area is 178 Å². The Bertz CT molecular complexity index is 991. The third kappa shape index (κ3) is 5.68. The van der Waals surface area contributed by atoms with E-state index in [1.54, 1.807) is 24.3 Å². The predicted molar refractivity (Wildman–Crippen MR) is 115 cm³/mol. The number of Topliss-reactive ketones (excluding diaryl/α,β-unsaturated/α-hetero) is 1. The van der Waals surface area contributed by atoms with Gasteiger partial charge in [-0.05, 0) is 18.6 Å². The van der Waals surface area contributed by atoms with Gasteiger partial charge in [0.15, 0.2) is 10.9 Å². The quantitative estimate of drug-likeness (QED) is 0.389. The Morgan fingerprint density at radius 3 is 2.48 bits per heavy atom. The van der Waals surface area contributed by atoms with E-state index >= 15 is 0 Å². The molecule has 1 N–H and O–H groups in total. The van der Waals surface area contributed by atoms with Crippen LogP contribution in [0.1, 0.15) is 35.7 Å². The van der Waals surface area contributed by atoms with Crippen molar-refractivity contribution in [2.75, 3.05) is 5.32 Å². The lowest BCUT2D eigenvalue weighted by Gasteiger charge is -2.09. The molecule has 0 fully saturated rings. The van der Waals surface area contributed by atoms with Crippen molar-refractivity contribution in [1.29, 1.82) is 0 Å². The summed E-state index contributed by atoms with van der Waals surface area (Å²) in [5.74, 6) is 0.705. The molecule has 0 unspecified atom stereocenters. The van der Waals surface area contributed by atoms with Crippen LogP contribution in [0.4, 0.5) is 5.95 Å². The maximum absolute atomic E-state index is 12.3. The standard InChI is InChI=1S/C21H21ClN4O2S/c1-2-26-20(23-19(28)13-12-18(27)15-8-4-3-5-9-15)24-25-21(26)29-14-16-10-6-7-11-17(16)22/h3-11H,2,12-14H2,1H3,(H,23,24,28). The largest absolute Gasteiger partial charge is 0.295 e. The molecule has 2 aromatic carbocycles. The highest BCUT2D eigenvalue weighted by molar-refractivity contribution is 7.98. The number of nitrogens with zero attached hydrogens (tertiary/aromatic N) is 3. The van der Waals surface area contributed by atoms with Crippen molar-refractivity contribution in [3.05, 3.63) is 70.7 Å². The van der Waals surface area contributed by atoms with E-state index in [0.717, 1.165) is 5.56 Å². The molecule has 150 valence electrons. The molecule has 3 rings (SSSR count). The number of carbonyl (C=O) groups excluding carboxylic acids is 2. The summed E-state index contributed by atoms with van der Waals surface area (Å²) in [5.41, 5.74) is 1.62. The maximum atomic E-state index is 12.3. The first-order chi connectivity index (χ1) is 14.1. The van der Waals surface area contributed by atoms with Gasteiger partial charge in [-0.3, -0.25) is 19.5 Å². The highest BCUT2D eigenvalue weighted by atomic mass is 35.5. The molecule has 1 aromatic heterocycles. The summed E-state index contributed by atoms with van der Waals surface area (Å²) in [7, 11) is 0. The predicted octanol–water partition coefficient (Wildman–Crippen LogP) is 4.85. The number of ketones is 1. The number of hydrogen-bond acceptors (Lipinski definition) is 5. The van der Waals surface area contributed by atoms with Crippen molar-refractivity contribution in [3.8, 4) is 0 Å². The van der Waals surface area contributed by atoms with E-state index in [0.29, 0.717) is 34.0 Å². The van der Waals surface area contributed by atoms with Crippen LogP contribution in [0.3, 0.4) is 0 Å². The fourth-order valence-corrected chi connectivity index (χ4v) is 4.00. The van der Waals surface area contributed by atoms with Gasteiger partial charge >= 0.3 is 0 Å². The van der Waals surface area contributed by atoms with E-state index < -0.39 is 0 Å². The van der Waals surface area contributed by atoms with Crippen LogP contribution in [-0.2, 0) is 17.1 Å². The van der Waals surface area contributed by atoms with Crippen molar-refractivity contribution in [3.63, 3.8) is 0 Å². The first kappa shape index (κ1) is 21.1. The monoisotopic (exact) mass is 428 g/mol. The van der Waals surface area contributed by atoms with Crippen LogP contribution in [-0.4, -0.2) is 26.5 Å². The van der Waals surface area contributed by atoms with Gasteiger partial charge in [0.05, 0.1) is 0 Å². The number of thioether (sulfide) groups is 1. The number of nitrogens with one attached hydrogen (secondary N) is 1. The average molecular weight is 429 g/mol. The number of halogens is 1. The Kier molecular flexibility index (Phi) is 7.43. The number of carbonyl (C=O) groups is 2. The first-order valence-corrected chi connectivity index (χ1v) is 10.6. The second-order valence-corrected chi connectivity index (χ2v) is 7.62. The van der Waals surface area contributed by atoms with Gasteiger partial charge in [0.1, 0.15) is 0 Å². The van der Waals surface area contributed by atoms with E-state index in [4.69, 9.17) is 11.6 Å². The first-order valence-electron chi connectivity index (χ1n) is 9.26. The van der Waals surface area contributed by atoms with Crippen LogP contribution in [0.15, 0.2) is 59.8 Å². The van der Waals surface area contributed by atoms with Crippen LogP contribution in [0.2, 0.25) is 5.02 Å². The van der Waals surface area contributed by atoms with Gasteiger partial charge in [0.25, 0.3) is 0 Å². The van der Waals surface area contributed by atoms with Gasteiger partial charge < -0.3 is 0 Å². The van der Waals surface area contributed by atoms with Gasteiger partial charge in [-0.2, -0.15) is 0 Å². The highest BCUT2D eigenvalue weighted by Gasteiger charge is 2.15. The summed E-state index contributed by atoms with van der Waals surface area (Å²) < 4.78 is 1.83. The van der Waals surface area contributed by atoms with E-state index in [1.807, 2.05) is 41.8 Å². The lowest BCUT2D eigenvalue weighted by molar-refractivity contribution is -0.116. The van der Waals surface area contributed by atoms with E-state index in [-0.39, 0.29) is 24.5 Å². The van der Waals surface area contributed by atoms with Gasteiger partial charge in [-0.15, -0.1) is 10.2 Å². The molecule has 1 amide bonds. The summed E-state index contributed by atoms with van der Waals surface area (Å²) in [4.78, 5) is 24.4. The normalized spacial score (nSPS) is 10.7. The Morgan fingerprint density at radius 2 is 1.76 bits per heavy atom. The molecule has 0 radical (unpaired) electrons. The number of rotatable bonds is 9. The highest BCUT2D eigenvalue weighted by Crippen LogP contribution is 2.27. The number of benzene rings is 2. The van der Waals surface area contributed by atoms with Crippen LogP contribution < -0.4 is 5.32 Å². The maximum Gasteiger partial charge on any atom is 0.231 e. The molecule has 8 heteroatoms. The molecule has 0 saturated heterocycles. The molecule has 0 aliphatic rings. The molecule has 0 aliphatic carbocycles. The molecule has 1 heterocycles. The Hall–Kier alpha value is -2.64. The molecule has 29 heavy (non-hydrogen) atoms. The van der Waals surface area contributed by atoms with E-state index in [2.05, 4.69) is 15.5 Å². The van der Waals surface area contributed by atoms with Crippen LogP contribution in [0.25, 0.3) is 0 Å². The van der Waals surface area contributed by atoms with Crippen molar-refractivity contribution in [1.82, 2.24) is 14.8 Å². The van der Waals surface area contributed by atoms with Gasteiger partial charge in [0, 0.05) is 35.7 Å². The minimum Gasteiger partial charge on any atom is -0.295 e. The van der Waals surface area contributed by atoms with Gasteiger partial charge in [-0.1, -0.05) is 71.9 Å². The summed E-state index contributed by atoms with van der Waals surface area (Å²) in [6, 6.07) is 16.6. The van der Waals surface area contributed by atoms with E-state index in [9.17, 15) is 9.59 Å². The topological polar surface area (TPSA) is 76.9 Å². The van der Waals surface area contributed by atoms with Crippen LogP contribution in [0.5, 0.6) is 0 Å². The van der Waals surface area contributed by atoms with Gasteiger partial charge in [0.2, 0.25) is 11.9 Å². The minimum absolute atomic E-state index is 0.0614. The zero-order valence-electron chi connectivity index (χ0n) is 16.0. The average Bonchev–Trinajstić information content (AvgIpc) is 3.13. The summed E-state index contributed by atoms with van der Waals surface area (Å²) >= 11 is 7.70. The number of hydrogen-bond donors (Lipinski definition) is 1. The number of anilines is 1. The molecular weight excluding hydrogens is 408 g/mol. The molecular formula is C21H21ClN4O2S. The molecule has 0 saturated carbocycles. The summed E-state index contributed by atoms with van der Waals surface area (Å²) in [6.45, 7) is 2.56. The van der Waals surface area contributed by atoms with E-state index in [1.165, 1.54) is 11.8 Å². The molecule has 6 nitrogen and oxygen atoms in total. The molecule has 3 aromatic rings. The number of aromatic nitrogens is 3. The molecule has 0 atom stereocenters. The lowest BCUT2D eigenvalue weighted by atomic mass is 10.1. The fraction of sp³-hybridized carbons (Fsp3) is 0.238. The van der Waals surface area contributed by atoms with Crippen molar-refractivity contribution in [2.45, 2.75) is 37.2 Å². The lowest BCUT2D eigenvalue weighted by Crippen LogP contribution is -2.17. The second-order valence-electron chi connectivity index (χ2n) is 6.27. The Morgan fingerprint density at radius 1 is 1.03 bits per heavy atom. The third-order valence-electron chi connectivity index (χ3n) is 4.27. The molecule has 0 spiro atoms. The van der Waals surface area contributed by atoms with Crippen molar-refractivity contribution >= 4 is 41.0 Å². The zero-order chi connectivity index (χ0) is 20.6. The molecule has 0 bridgehead atoms. The third-order valence-corrected chi connectivity index (χ3v) is 5.66. The second kappa shape index (κ2) is 10.2. The van der Waals surface area contributed by atoms with Crippen molar-refractivity contribution in [2.24, 2.45) is 0 Å². The van der Waals surface area contributed by atoms with Crippen molar-refractivity contribution < 1.29 is 9.59 Å². The SMILES string of the molecule is CCn1c(NC(=O)CCC(=O)c2ccccc2)nnc1SCc1ccccc1Cl. The zero-order valence-corrected chi connectivity index (χ0v) is 17.5. The number of amides is 1. The molecule has 0 aliphatic heterocycles. The summed E-state index contributed by atoms with van der Waals surface area (Å²) in [5, 5.41) is 12.4. The summed E-state index contributed by atoms with van der Waals surface area (Å²) in [6.07, 6.45) is 0.233. The van der Waals surface area contributed by atoms with Crippen LogP contribution in [0, 0.1) is 0 Å². The Balaban J connectivity index is 1.57. The fourth-order valence-electron chi connectivity index (χ4n) is 2.71. The smallest absolute Gasteiger partial charge is 0.231 e. The van der Waals surface area contributed by atoms with Crippen LogP contribution >= 0.6 is 23.4 Å². The van der Waals surface area contributed by atoms with Gasteiger partial charge in [-0.25, -0.2) is 0 Å². The minimum atomic E-state index is -0.265.